The minimum absolute atomic E-state index is 0.368. The molecule has 1 aliphatic rings. The summed E-state index contributed by atoms with van der Waals surface area (Å²) in [5, 5.41) is 10.8. The lowest BCUT2D eigenvalue weighted by Crippen LogP contribution is -2.47. The largest absolute Gasteiger partial charge is 0.491 e. The van der Waals surface area contributed by atoms with E-state index in [0.29, 0.717) is 12.6 Å². The molecule has 4 nitrogen and oxygen atoms in total. The van der Waals surface area contributed by atoms with Crippen LogP contribution in [0.25, 0.3) is 0 Å². The van der Waals surface area contributed by atoms with Gasteiger partial charge in [0.2, 0.25) is 0 Å². The van der Waals surface area contributed by atoms with E-state index < -0.39 is 5.60 Å². The number of hydrogen-bond acceptors (Lipinski definition) is 3. The van der Waals surface area contributed by atoms with Crippen LogP contribution in [-0.2, 0) is 6.54 Å². The number of aliphatic hydroxyl groups is 1. The molecular formula is C20H28N2O2. The van der Waals surface area contributed by atoms with Crippen molar-refractivity contribution in [2.75, 3.05) is 19.7 Å². The summed E-state index contributed by atoms with van der Waals surface area (Å²) in [7, 11) is 0. The van der Waals surface area contributed by atoms with Crippen LogP contribution in [0, 0.1) is 0 Å². The number of likely N-dealkylation sites (tertiary alicyclic amines) is 1. The molecule has 24 heavy (non-hydrogen) atoms. The van der Waals surface area contributed by atoms with Gasteiger partial charge < -0.3 is 14.4 Å². The number of aromatic nitrogens is 1. The Morgan fingerprint density at radius 3 is 2.46 bits per heavy atom. The molecule has 3 rings (SSSR count). The third kappa shape index (κ3) is 4.19. The van der Waals surface area contributed by atoms with Crippen LogP contribution in [0.4, 0.5) is 0 Å². The Morgan fingerprint density at radius 2 is 1.79 bits per heavy atom. The van der Waals surface area contributed by atoms with E-state index >= 15 is 0 Å². The van der Waals surface area contributed by atoms with Crippen molar-refractivity contribution in [2.45, 2.75) is 44.9 Å². The number of piperidine rings is 1. The second-order valence-corrected chi connectivity index (χ2v) is 7.10. The molecule has 1 N–H and O–H groups in total. The fourth-order valence-corrected chi connectivity index (χ4v) is 3.30. The number of benzene rings is 1. The second kappa shape index (κ2) is 7.41. The van der Waals surface area contributed by atoms with Gasteiger partial charge in [0.1, 0.15) is 18.0 Å². The van der Waals surface area contributed by atoms with E-state index in [1.54, 1.807) is 0 Å². The Labute approximate surface area is 144 Å². The lowest BCUT2D eigenvalue weighted by Gasteiger charge is -2.38. The fraction of sp³-hybridized carbons (Fsp3) is 0.500. The minimum atomic E-state index is -0.716. The fourth-order valence-electron chi connectivity index (χ4n) is 3.30. The standard InChI is InChI=1S/C20H28N2O2/c1-17(2)22-12-6-7-18(22)15-21-13-10-20(23,11-14-21)16-24-19-8-4-3-5-9-19/h3-9,12,17,23H,10-11,13-16H2,1-2H3. The number of nitrogens with zero attached hydrogens (tertiary/aromatic N) is 2. The average Bonchev–Trinajstić information content (AvgIpc) is 3.05. The summed E-state index contributed by atoms with van der Waals surface area (Å²) in [6.07, 6.45) is 3.65. The Kier molecular flexibility index (Phi) is 5.27. The molecule has 0 aliphatic carbocycles. The van der Waals surface area contributed by atoms with Gasteiger partial charge in [-0.25, -0.2) is 0 Å². The first-order valence-corrected chi connectivity index (χ1v) is 8.84. The zero-order valence-electron chi connectivity index (χ0n) is 14.7. The van der Waals surface area contributed by atoms with Gasteiger partial charge in [-0.15, -0.1) is 0 Å². The maximum Gasteiger partial charge on any atom is 0.119 e. The van der Waals surface area contributed by atoms with E-state index in [-0.39, 0.29) is 0 Å². The van der Waals surface area contributed by atoms with Crippen molar-refractivity contribution in [1.82, 2.24) is 9.47 Å². The maximum absolute atomic E-state index is 10.8. The van der Waals surface area contributed by atoms with Crippen molar-refractivity contribution < 1.29 is 9.84 Å². The smallest absolute Gasteiger partial charge is 0.119 e. The molecule has 0 radical (unpaired) electrons. The molecule has 1 saturated heterocycles. The summed E-state index contributed by atoms with van der Waals surface area (Å²) >= 11 is 0. The van der Waals surface area contributed by atoms with E-state index in [9.17, 15) is 5.11 Å². The highest BCUT2D eigenvalue weighted by Gasteiger charge is 2.33. The molecule has 0 bridgehead atoms. The zero-order chi connectivity index (χ0) is 17.0. The van der Waals surface area contributed by atoms with Gasteiger partial charge in [0, 0.05) is 37.6 Å². The van der Waals surface area contributed by atoms with Crippen LogP contribution in [0.3, 0.4) is 0 Å². The van der Waals surface area contributed by atoms with E-state index in [4.69, 9.17) is 4.74 Å². The van der Waals surface area contributed by atoms with Crippen LogP contribution in [0.5, 0.6) is 5.75 Å². The predicted molar refractivity (Wildman–Crippen MR) is 96.2 cm³/mol. The first-order chi connectivity index (χ1) is 11.6. The minimum Gasteiger partial charge on any atom is -0.491 e. The van der Waals surface area contributed by atoms with Crippen molar-refractivity contribution in [3.8, 4) is 5.75 Å². The molecule has 2 heterocycles. The Bertz CT molecular complexity index is 628. The Balaban J connectivity index is 1.50. The molecule has 2 aromatic rings. The topological polar surface area (TPSA) is 37.6 Å². The maximum atomic E-state index is 10.8. The zero-order valence-corrected chi connectivity index (χ0v) is 14.7. The van der Waals surface area contributed by atoms with Crippen molar-refractivity contribution in [3.05, 3.63) is 54.4 Å². The lowest BCUT2D eigenvalue weighted by molar-refractivity contribution is -0.0540. The molecule has 130 valence electrons. The summed E-state index contributed by atoms with van der Waals surface area (Å²) < 4.78 is 8.09. The van der Waals surface area contributed by atoms with Crippen LogP contribution >= 0.6 is 0 Å². The van der Waals surface area contributed by atoms with Crippen LogP contribution in [0.1, 0.15) is 38.4 Å². The number of ether oxygens (including phenoxy) is 1. The normalized spacial score (nSPS) is 18.0. The van der Waals surface area contributed by atoms with Crippen molar-refractivity contribution in [3.63, 3.8) is 0 Å². The van der Waals surface area contributed by atoms with Crippen molar-refractivity contribution in [2.24, 2.45) is 0 Å². The predicted octanol–water partition coefficient (Wildman–Crippen LogP) is 3.47. The van der Waals surface area contributed by atoms with Gasteiger partial charge in [-0.2, -0.15) is 0 Å². The summed E-state index contributed by atoms with van der Waals surface area (Å²) in [6, 6.07) is 14.5. The summed E-state index contributed by atoms with van der Waals surface area (Å²) in [4.78, 5) is 2.42. The third-order valence-corrected chi connectivity index (χ3v) is 4.85. The first kappa shape index (κ1) is 17.1. The Hall–Kier alpha value is -1.78. The number of hydrogen-bond donors (Lipinski definition) is 1. The highest BCUT2D eigenvalue weighted by Crippen LogP contribution is 2.25. The SMILES string of the molecule is CC(C)n1cccc1CN1CCC(O)(COc2ccccc2)CC1. The molecule has 1 fully saturated rings. The van der Waals surface area contributed by atoms with Gasteiger partial charge in [0.25, 0.3) is 0 Å². The average molecular weight is 328 g/mol. The van der Waals surface area contributed by atoms with Crippen LogP contribution in [-0.4, -0.2) is 39.9 Å². The third-order valence-electron chi connectivity index (χ3n) is 4.85. The van der Waals surface area contributed by atoms with Gasteiger partial charge in [-0.3, -0.25) is 4.90 Å². The van der Waals surface area contributed by atoms with Crippen molar-refractivity contribution >= 4 is 0 Å². The Morgan fingerprint density at radius 1 is 1.08 bits per heavy atom. The van der Waals surface area contributed by atoms with Gasteiger partial charge in [0.05, 0.1) is 0 Å². The van der Waals surface area contributed by atoms with E-state index in [1.165, 1.54) is 5.69 Å². The monoisotopic (exact) mass is 328 g/mol. The molecule has 1 aliphatic heterocycles. The molecule has 0 saturated carbocycles. The molecule has 0 atom stereocenters. The van der Waals surface area contributed by atoms with Gasteiger partial charge >= 0.3 is 0 Å². The van der Waals surface area contributed by atoms with Crippen molar-refractivity contribution in [1.29, 1.82) is 0 Å². The van der Waals surface area contributed by atoms with Crippen LogP contribution < -0.4 is 4.74 Å². The molecule has 1 aromatic heterocycles. The number of rotatable bonds is 6. The number of para-hydroxylation sites is 1. The van der Waals surface area contributed by atoms with Gasteiger partial charge in [-0.05, 0) is 51.0 Å². The highest BCUT2D eigenvalue weighted by atomic mass is 16.5. The molecule has 0 unspecified atom stereocenters. The molecule has 0 amide bonds. The second-order valence-electron chi connectivity index (χ2n) is 7.10. The van der Waals surface area contributed by atoms with E-state index in [2.05, 4.69) is 41.6 Å². The lowest BCUT2D eigenvalue weighted by atomic mass is 9.92. The molecular weight excluding hydrogens is 300 g/mol. The summed E-state index contributed by atoms with van der Waals surface area (Å²) in [5.74, 6) is 0.822. The van der Waals surface area contributed by atoms with Gasteiger partial charge in [0.15, 0.2) is 0 Å². The molecule has 4 heteroatoms. The van der Waals surface area contributed by atoms with Gasteiger partial charge in [-0.1, -0.05) is 18.2 Å². The summed E-state index contributed by atoms with van der Waals surface area (Å²) in [5.41, 5.74) is 0.628. The summed E-state index contributed by atoms with van der Waals surface area (Å²) in [6.45, 7) is 7.53. The molecule has 0 spiro atoms. The van der Waals surface area contributed by atoms with Crippen LogP contribution in [0.15, 0.2) is 48.7 Å². The first-order valence-electron chi connectivity index (χ1n) is 8.84. The van der Waals surface area contributed by atoms with Crippen LogP contribution in [0.2, 0.25) is 0 Å². The quantitative estimate of drug-likeness (QED) is 0.882. The van der Waals surface area contributed by atoms with E-state index in [0.717, 1.165) is 38.2 Å². The van der Waals surface area contributed by atoms with E-state index in [1.807, 2.05) is 30.3 Å². The highest BCUT2D eigenvalue weighted by molar-refractivity contribution is 5.21. The molecule has 1 aromatic carbocycles.